The van der Waals surface area contributed by atoms with Gasteiger partial charge in [-0.3, -0.25) is 24.3 Å². The van der Waals surface area contributed by atoms with Crippen molar-refractivity contribution in [3.8, 4) is 5.75 Å². The summed E-state index contributed by atoms with van der Waals surface area (Å²) in [6.07, 6.45) is 5.53. The molecule has 0 bridgehead atoms. The number of carboxylic acids is 1. The third kappa shape index (κ3) is 12.1. The average molecular weight is 963 g/mol. The molecule has 1 unspecified atom stereocenters. The van der Waals surface area contributed by atoms with Gasteiger partial charge < -0.3 is 53.7 Å². The first-order chi connectivity index (χ1) is 28.0. The van der Waals surface area contributed by atoms with Crippen molar-refractivity contribution < 1.29 is 80.8 Å². The number of ether oxygens (including phenoxy) is 2. The van der Waals surface area contributed by atoms with Crippen LogP contribution in [0.1, 0.15) is 69.8 Å². The maximum Gasteiger partial charge on any atom is 0.524 e. The first-order valence-corrected chi connectivity index (χ1v) is 21.0. The zero-order chi connectivity index (χ0) is 42.8. The predicted molar refractivity (Wildman–Crippen MR) is 221 cm³/mol. The molecule has 0 saturated heterocycles. The van der Waals surface area contributed by atoms with E-state index in [0.717, 1.165) is 46.9 Å². The van der Waals surface area contributed by atoms with Crippen LogP contribution < -0.4 is 44.0 Å². The van der Waals surface area contributed by atoms with Gasteiger partial charge in [0.2, 0.25) is 11.9 Å². The molecular formula is C43H53FIN4O10P. The molecule has 2 heterocycles. The number of nitrogens with zero attached hydrogens (tertiary/aromatic N) is 2. The van der Waals surface area contributed by atoms with Crippen molar-refractivity contribution in [1.82, 2.24) is 10.6 Å². The standard InChI is InChI=1S/C43H52FN4O10P.HI/c1-42(2)32-12-5-7-14-34(32)47(25-10-9-18-38(49)50)36(42)16-11-17-37-43(3,4)33-13-6-8-15-35(33)48(37)41(52)46-24-27-57-29-28-56-26-23-45-40(51)39(44)30-19-21-31(22-20-30)58-59(53,54)55;/h5-8,11-17,19-22,39H,9-10,18,23-29H2,1-4H3,(H4-,45,46,49,50,51,52,53,54,55);1H. The Balaban J connectivity index is 0.00000794. The van der Waals surface area contributed by atoms with Gasteiger partial charge in [-0.25, -0.2) is 13.8 Å². The van der Waals surface area contributed by atoms with Crippen LogP contribution >= 0.6 is 7.82 Å². The van der Waals surface area contributed by atoms with Gasteiger partial charge in [-0.2, -0.15) is 4.58 Å². The summed E-state index contributed by atoms with van der Waals surface area (Å²) in [7, 11) is -4.75. The number of fused-ring (bicyclic) bond motifs is 2. The van der Waals surface area contributed by atoms with E-state index in [0.29, 0.717) is 13.0 Å². The number of allylic oxidation sites excluding steroid dienone is 4. The zero-order valence-electron chi connectivity index (χ0n) is 34.1. The Morgan fingerprint density at radius 3 is 2.12 bits per heavy atom. The molecule has 3 aromatic rings. The number of urea groups is 1. The monoisotopic (exact) mass is 962 g/mol. The molecule has 0 radical (unpaired) electrons. The number of carbonyl (C=O) groups excluding carboxylic acids is 2. The number of hydrogen-bond acceptors (Lipinski definition) is 7. The number of amides is 3. The number of anilines is 1. The van der Waals surface area contributed by atoms with E-state index in [9.17, 15) is 23.3 Å². The summed E-state index contributed by atoms with van der Waals surface area (Å²) in [6, 6.07) is 20.5. The number of carboxylic acid groups (broad SMARTS) is 1. The number of phosphoric acid groups is 1. The lowest BCUT2D eigenvalue weighted by Gasteiger charge is -2.25. The van der Waals surface area contributed by atoms with Gasteiger partial charge in [0.15, 0.2) is 5.71 Å². The molecule has 5 rings (SSSR count). The lowest BCUT2D eigenvalue weighted by atomic mass is 9.81. The molecule has 0 spiro atoms. The zero-order valence-corrected chi connectivity index (χ0v) is 37.2. The maximum absolute atomic E-state index is 14.6. The number of nitrogens with one attached hydrogen (secondary N) is 2. The van der Waals surface area contributed by atoms with Crippen molar-refractivity contribution in [3.63, 3.8) is 0 Å². The second kappa shape index (κ2) is 21.4. The van der Waals surface area contributed by atoms with Crippen molar-refractivity contribution in [2.45, 2.75) is 64.0 Å². The van der Waals surface area contributed by atoms with Crippen LogP contribution in [0.3, 0.4) is 0 Å². The van der Waals surface area contributed by atoms with Crippen molar-refractivity contribution >= 4 is 42.8 Å². The molecule has 0 aliphatic carbocycles. The highest BCUT2D eigenvalue weighted by molar-refractivity contribution is 7.46. The number of halogens is 2. The van der Waals surface area contributed by atoms with Gasteiger partial charge in [-0.05, 0) is 55.7 Å². The normalized spacial score (nSPS) is 16.3. The van der Waals surface area contributed by atoms with Gasteiger partial charge in [0.05, 0.1) is 37.5 Å². The Bertz CT molecular complexity index is 2140. The number of rotatable bonds is 20. The van der Waals surface area contributed by atoms with E-state index < -0.39 is 31.3 Å². The summed E-state index contributed by atoms with van der Waals surface area (Å²) in [5, 5.41) is 14.6. The summed E-state index contributed by atoms with van der Waals surface area (Å²) < 4.78 is 43.3. The number of hydrogen-bond donors (Lipinski definition) is 5. The van der Waals surface area contributed by atoms with E-state index in [4.69, 9.17) is 24.4 Å². The molecule has 60 heavy (non-hydrogen) atoms. The largest absolute Gasteiger partial charge is 1.00 e. The molecule has 5 N–H and O–H groups in total. The fraction of sp³-hybridized carbons (Fsp3) is 0.395. The third-order valence-corrected chi connectivity index (χ3v) is 10.7. The fourth-order valence-electron chi connectivity index (χ4n) is 7.36. The van der Waals surface area contributed by atoms with Crippen LogP contribution in [0, 0.1) is 0 Å². The molecule has 0 saturated carbocycles. The van der Waals surface area contributed by atoms with E-state index in [1.807, 2.05) is 48.6 Å². The highest BCUT2D eigenvalue weighted by Crippen LogP contribution is 2.48. The smallest absolute Gasteiger partial charge is 0.524 e. The van der Waals surface area contributed by atoms with Crippen LogP contribution in [0.25, 0.3) is 0 Å². The highest BCUT2D eigenvalue weighted by Gasteiger charge is 2.45. The molecular weight excluding hydrogens is 909 g/mol. The Hall–Kier alpha value is -4.45. The van der Waals surface area contributed by atoms with Crippen LogP contribution in [0.4, 0.5) is 20.6 Å². The number of phosphoric ester groups is 1. The van der Waals surface area contributed by atoms with Crippen molar-refractivity contribution in [3.05, 3.63) is 113 Å². The molecule has 2 aliphatic heterocycles. The predicted octanol–water partition coefficient (Wildman–Crippen LogP) is 3.60. The minimum atomic E-state index is -4.75. The van der Waals surface area contributed by atoms with Crippen LogP contribution in [-0.2, 0) is 34.5 Å². The van der Waals surface area contributed by atoms with E-state index in [1.54, 1.807) is 4.90 Å². The third-order valence-electron chi connectivity index (χ3n) is 10.3. The minimum Gasteiger partial charge on any atom is -1.00 e. The summed E-state index contributed by atoms with van der Waals surface area (Å²) in [4.78, 5) is 56.6. The fourth-order valence-corrected chi connectivity index (χ4v) is 7.75. The first-order valence-electron chi connectivity index (χ1n) is 19.5. The number of para-hydroxylation sites is 2. The SMILES string of the molecule is CC1(C)C(/C=C/C=C2/N(C(=O)NCCOCCOCCNC(=O)C(F)c3ccc(OP(=O)(O)O)cc3)c3ccccc3C2(C)C)=[N+](CCCCC(=O)O)c2ccccc21.[I-]. The molecule has 14 nitrogen and oxygen atoms in total. The van der Waals surface area contributed by atoms with E-state index >= 15 is 0 Å². The first kappa shape index (κ1) is 48.2. The van der Waals surface area contributed by atoms with Gasteiger partial charge in [0.1, 0.15) is 12.3 Å². The molecule has 3 amide bonds. The van der Waals surface area contributed by atoms with Gasteiger partial charge in [-0.1, -0.05) is 68.5 Å². The van der Waals surface area contributed by atoms with Crippen LogP contribution in [0.5, 0.6) is 5.75 Å². The minimum absolute atomic E-state index is 0. The summed E-state index contributed by atoms with van der Waals surface area (Å²) in [6.45, 7) is 10.3. The second-order valence-electron chi connectivity index (χ2n) is 15.2. The second-order valence-corrected chi connectivity index (χ2v) is 16.3. The van der Waals surface area contributed by atoms with Gasteiger partial charge in [0, 0.05) is 54.7 Å². The number of aliphatic carboxylic acids is 1. The summed E-state index contributed by atoms with van der Waals surface area (Å²) in [5.74, 6) is -1.85. The topological polar surface area (TPSA) is 187 Å². The molecule has 2 aliphatic rings. The molecule has 324 valence electrons. The van der Waals surface area contributed by atoms with Crippen molar-refractivity contribution in [2.24, 2.45) is 0 Å². The quantitative estimate of drug-likeness (QED) is 0.0485. The Labute approximate surface area is 366 Å². The lowest BCUT2D eigenvalue weighted by Crippen LogP contribution is -3.00. The molecule has 1 atom stereocenters. The molecule has 0 fully saturated rings. The molecule has 17 heteroatoms. The van der Waals surface area contributed by atoms with Crippen molar-refractivity contribution in [2.75, 3.05) is 51.0 Å². The maximum atomic E-state index is 14.6. The Morgan fingerprint density at radius 2 is 1.47 bits per heavy atom. The van der Waals surface area contributed by atoms with Gasteiger partial charge in [0.25, 0.3) is 5.91 Å². The Morgan fingerprint density at radius 1 is 0.850 bits per heavy atom. The van der Waals surface area contributed by atoms with Crippen LogP contribution in [0.2, 0.25) is 0 Å². The number of benzene rings is 3. The lowest BCUT2D eigenvalue weighted by molar-refractivity contribution is -0.438. The summed E-state index contributed by atoms with van der Waals surface area (Å²) >= 11 is 0. The van der Waals surface area contributed by atoms with Crippen LogP contribution in [0.15, 0.2) is 96.7 Å². The summed E-state index contributed by atoms with van der Waals surface area (Å²) in [5.41, 5.74) is 5.24. The van der Waals surface area contributed by atoms with Gasteiger partial charge in [-0.15, -0.1) is 0 Å². The van der Waals surface area contributed by atoms with Crippen LogP contribution in [-0.4, -0.2) is 89.1 Å². The van der Waals surface area contributed by atoms with Crippen molar-refractivity contribution in [1.29, 1.82) is 0 Å². The molecule has 0 aromatic heterocycles. The highest BCUT2D eigenvalue weighted by atomic mass is 127. The Kier molecular flexibility index (Phi) is 17.2. The number of unbranched alkanes of at least 4 members (excludes halogenated alkanes) is 1. The van der Waals surface area contributed by atoms with E-state index in [-0.39, 0.29) is 92.7 Å². The van der Waals surface area contributed by atoms with Gasteiger partial charge >= 0.3 is 19.8 Å². The van der Waals surface area contributed by atoms with E-state index in [2.05, 4.69) is 65.6 Å². The number of carbonyl (C=O) groups is 3. The average Bonchev–Trinajstić information content (AvgIpc) is 3.55. The number of alkyl halides is 1. The van der Waals surface area contributed by atoms with E-state index in [1.165, 1.54) is 17.7 Å². The molecule has 3 aromatic carbocycles.